The number of nitrogens with one attached hydrogen (secondary N) is 3. The number of hydrogen-bond donors (Lipinski definition) is 3. The fourth-order valence-corrected chi connectivity index (χ4v) is 3.86. The molecule has 0 saturated heterocycles. The summed E-state index contributed by atoms with van der Waals surface area (Å²) >= 11 is 1.70. The molecule has 2 aromatic rings. The Labute approximate surface area is 164 Å². The summed E-state index contributed by atoms with van der Waals surface area (Å²) in [6.45, 7) is 5.38. The third-order valence-corrected chi connectivity index (χ3v) is 5.84. The molecule has 27 heavy (non-hydrogen) atoms. The van der Waals surface area contributed by atoms with E-state index in [4.69, 9.17) is 0 Å². The Kier molecular flexibility index (Phi) is 6.45. The van der Waals surface area contributed by atoms with E-state index in [-0.39, 0.29) is 11.8 Å². The predicted molar refractivity (Wildman–Crippen MR) is 111 cm³/mol. The summed E-state index contributed by atoms with van der Waals surface area (Å²) in [4.78, 5) is 22.1. The van der Waals surface area contributed by atoms with Crippen molar-refractivity contribution in [3.8, 4) is 0 Å². The molecule has 3 rings (SSSR count). The summed E-state index contributed by atoms with van der Waals surface area (Å²) in [5, 5.41) is 10.7. The highest BCUT2D eigenvalue weighted by atomic mass is 32.1. The average molecular weight is 386 g/mol. The summed E-state index contributed by atoms with van der Waals surface area (Å²) in [5.41, 5.74) is 3.01. The number of carbonyl (C=O) groups excluding carboxylic acids is 1. The maximum atomic E-state index is 12.1. The first-order chi connectivity index (χ1) is 13.0. The molecule has 144 valence electrons. The van der Waals surface area contributed by atoms with Crippen molar-refractivity contribution in [1.29, 1.82) is 0 Å². The maximum Gasteiger partial charge on any atom is 0.227 e. The third-order valence-electron chi connectivity index (χ3n) is 4.77. The minimum absolute atomic E-state index is 0.138. The van der Waals surface area contributed by atoms with Gasteiger partial charge in [0.2, 0.25) is 5.91 Å². The van der Waals surface area contributed by atoms with Gasteiger partial charge in [-0.2, -0.15) is 0 Å². The number of carbonyl (C=O) groups is 1. The van der Waals surface area contributed by atoms with E-state index >= 15 is 0 Å². The maximum absolute atomic E-state index is 12.1. The van der Waals surface area contributed by atoms with Gasteiger partial charge in [0, 0.05) is 30.1 Å². The zero-order valence-corrected chi connectivity index (χ0v) is 16.9. The van der Waals surface area contributed by atoms with Gasteiger partial charge in [-0.15, -0.1) is 11.3 Å². The number of nitrogens with zero attached hydrogens (tertiary/aromatic N) is 2. The van der Waals surface area contributed by atoms with Gasteiger partial charge < -0.3 is 16.0 Å². The quantitative estimate of drug-likeness (QED) is 0.526. The molecule has 0 atom stereocenters. The summed E-state index contributed by atoms with van der Waals surface area (Å²) in [5.74, 6) is 1.07. The lowest BCUT2D eigenvalue weighted by molar-refractivity contribution is -0.122. The fourth-order valence-electron chi connectivity index (χ4n) is 2.98. The first-order valence-electron chi connectivity index (χ1n) is 9.32. The van der Waals surface area contributed by atoms with Crippen LogP contribution in [0.25, 0.3) is 0 Å². The molecule has 0 unspecified atom stereocenters. The van der Waals surface area contributed by atoms with E-state index in [0.29, 0.717) is 13.1 Å². The number of benzene rings is 1. The molecule has 3 N–H and O–H groups in total. The monoisotopic (exact) mass is 385 g/mol. The van der Waals surface area contributed by atoms with Crippen LogP contribution in [-0.4, -0.2) is 23.9 Å². The summed E-state index contributed by atoms with van der Waals surface area (Å²) < 4.78 is 0. The second-order valence-corrected chi connectivity index (χ2v) is 8.13. The van der Waals surface area contributed by atoms with Crippen LogP contribution in [0, 0.1) is 19.8 Å². The predicted octanol–water partition coefficient (Wildman–Crippen LogP) is 3.36. The van der Waals surface area contributed by atoms with E-state index in [2.05, 4.69) is 25.9 Å². The SMILES string of the molecule is CN=C(NCc1cccc(NC(=O)C2CCC2)c1)NCc1sc(C)nc1C. The Morgan fingerprint density at radius 3 is 2.67 bits per heavy atom. The molecule has 0 aliphatic heterocycles. The van der Waals surface area contributed by atoms with Crippen LogP contribution in [-0.2, 0) is 17.9 Å². The van der Waals surface area contributed by atoms with Crippen molar-refractivity contribution in [2.75, 3.05) is 12.4 Å². The number of anilines is 1. The van der Waals surface area contributed by atoms with Crippen molar-refractivity contribution in [2.45, 2.75) is 46.2 Å². The Hall–Kier alpha value is -2.41. The standard InChI is InChI=1S/C20H27N5OS/c1-13-18(27-14(2)24-13)12-23-20(21-3)22-11-15-6-4-9-17(10-15)25-19(26)16-7-5-8-16/h4,6,9-10,16H,5,7-8,11-12H2,1-3H3,(H,25,26)(H2,21,22,23). The smallest absolute Gasteiger partial charge is 0.227 e. The molecule has 1 fully saturated rings. The molecule has 1 aromatic carbocycles. The number of aromatic nitrogens is 1. The molecule has 1 saturated carbocycles. The normalized spacial score (nSPS) is 14.6. The minimum atomic E-state index is 0.138. The van der Waals surface area contributed by atoms with Gasteiger partial charge >= 0.3 is 0 Å². The highest BCUT2D eigenvalue weighted by molar-refractivity contribution is 7.11. The Morgan fingerprint density at radius 1 is 1.26 bits per heavy atom. The van der Waals surface area contributed by atoms with E-state index in [9.17, 15) is 4.79 Å². The lowest BCUT2D eigenvalue weighted by Crippen LogP contribution is -2.36. The van der Waals surface area contributed by atoms with Crippen molar-refractivity contribution in [1.82, 2.24) is 15.6 Å². The highest BCUT2D eigenvalue weighted by Gasteiger charge is 2.25. The van der Waals surface area contributed by atoms with Gasteiger partial charge in [-0.1, -0.05) is 18.6 Å². The third kappa shape index (κ3) is 5.29. The lowest BCUT2D eigenvalue weighted by Gasteiger charge is -2.24. The lowest BCUT2D eigenvalue weighted by atomic mass is 9.85. The Bertz CT molecular complexity index is 826. The van der Waals surface area contributed by atoms with Crippen LogP contribution in [0.3, 0.4) is 0 Å². The van der Waals surface area contributed by atoms with Crippen LogP contribution in [0.1, 0.15) is 40.4 Å². The number of thiazole rings is 1. The molecule has 1 aromatic heterocycles. The van der Waals surface area contributed by atoms with Gasteiger partial charge in [0.25, 0.3) is 0 Å². The van der Waals surface area contributed by atoms with Crippen LogP contribution < -0.4 is 16.0 Å². The number of aliphatic imine (C=N–C) groups is 1. The number of rotatable bonds is 6. The molecule has 6 nitrogen and oxygen atoms in total. The topological polar surface area (TPSA) is 78.4 Å². The van der Waals surface area contributed by atoms with Crippen molar-refractivity contribution < 1.29 is 4.79 Å². The van der Waals surface area contributed by atoms with Gasteiger partial charge in [-0.05, 0) is 44.4 Å². The van der Waals surface area contributed by atoms with E-state index in [1.54, 1.807) is 18.4 Å². The van der Waals surface area contributed by atoms with Crippen molar-refractivity contribution in [3.63, 3.8) is 0 Å². The van der Waals surface area contributed by atoms with E-state index in [1.807, 2.05) is 38.1 Å². The highest BCUT2D eigenvalue weighted by Crippen LogP contribution is 2.27. The Morgan fingerprint density at radius 2 is 2.04 bits per heavy atom. The zero-order chi connectivity index (χ0) is 19.2. The number of guanidine groups is 1. The van der Waals surface area contributed by atoms with Crippen LogP contribution in [0.5, 0.6) is 0 Å². The average Bonchev–Trinajstić information content (AvgIpc) is 2.91. The zero-order valence-electron chi connectivity index (χ0n) is 16.1. The molecular weight excluding hydrogens is 358 g/mol. The van der Waals surface area contributed by atoms with Crippen LogP contribution >= 0.6 is 11.3 Å². The van der Waals surface area contributed by atoms with Crippen LogP contribution in [0.4, 0.5) is 5.69 Å². The molecule has 1 amide bonds. The van der Waals surface area contributed by atoms with Gasteiger partial charge in [-0.3, -0.25) is 9.79 Å². The molecule has 0 spiro atoms. The van der Waals surface area contributed by atoms with Gasteiger partial charge in [0.1, 0.15) is 0 Å². The molecule has 0 bridgehead atoms. The van der Waals surface area contributed by atoms with Gasteiger partial charge in [0.05, 0.1) is 17.2 Å². The number of aryl methyl sites for hydroxylation is 2. The summed E-state index contributed by atoms with van der Waals surface area (Å²) in [6.07, 6.45) is 3.18. The first-order valence-corrected chi connectivity index (χ1v) is 10.1. The second kappa shape index (κ2) is 8.99. The van der Waals surface area contributed by atoms with Crippen molar-refractivity contribution in [3.05, 3.63) is 45.4 Å². The number of amides is 1. The summed E-state index contributed by atoms with van der Waals surface area (Å²) in [6, 6.07) is 7.94. The van der Waals surface area contributed by atoms with E-state index < -0.39 is 0 Å². The van der Waals surface area contributed by atoms with E-state index in [1.165, 1.54) is 4.88 Å². The fraction of sp³-hybridized carbons (Fsp3) is 0.450. The van der Waals surface area contributed by atoms with Crippen LogP contribution in [0.2, 0.25) is 0 Å². The number of hydrogen-bond acceptors (Lipinski definition) is 4. The molecule has 7 heteroatoms. The molecule has 1 aliphatic carbocycles. The van der Waals surface area contributed by atoms with Gasteiger partial charge in [0.15, 0.2) is 5.96 Å². The largest absolute Gasteiger partial charge is 0.352 e. The van der Waals surface area contributed by atoms with Crippen molar-refractivity contribution in [2.24, 2.45) is 10.9 Å². The van der Waals surface area contributed by atoms with Crippen LogP contribution in [0.15, 0.2) is 29.3 Å². The van der Waals surface area contributed by atoms with E-state index in [0.717, 1.165) is 47.2 Å². The first kappa shape index (κ1) is 19.4. The van der Waals surface area contributed by atoms with Crippen molar-refractivity contribution >= 4 is 28.9 Å². The molecule has 0 radical (unpaired) electrons. The minimum Gasteiger partial charge on any atom is -0.352 e. The second-order valence-electron chi connectivity index (χ2n) is 6.84. The molecule has 1 aliphatic rings. The summed E-state index contributed by atoms with van der Waals surface area (Å²) in [7, 11) is 1.76. The molecular formula is C20H27N5OS. The molecule has 1 heterocycles. The van der Waals surface area contributed by atoms with Gasteiger partial charge in [-0.25, -0.2) is 4.98 Å². The Balaban J connectivity index is 1.51.